The second-order valence-electron chi connectivity index (χ2n) is 15.4. The topological polar surface area (TPSA) is 3.24 Å². The largest absolute Gasteiger partial charge is 0.310 e. The van der Waals surface area contributed by atoms with E-state index in [-0.39, 0.29) is 46.7 Å². The molecule has 296 valence electrons. The molecule has 11 rings (SSSR count). The summed E-state index contributed by atoms with van der Waals surface area (Å²) in [6, 6.07) is 65.2. The van der Waals surface area contributed by atoms with Gasteiger partial charge in [-0.1, -0.05) is 218 Å². The molecule has 0 radical (unpaired) electrons. The van der Waals surface area contributed by atoms with E-state index in [0.717, 1.165) is 66.1 Å². The molecule has 0 heterocycles. The lowest BCUT2D eigenvalue weighted by molar-refractivity contribution is 1.28. The highest BCUT2D eigenvalue weighted by molar-refractivity contribution is 6.04. The minimum atomic E-state index is -0.410. The van der Waals surface area contributed by atoms with Crippen molar-refractivity contribution in [3.05, 3.63) is 261 Å². The van der Waals surface area contributed by atoms with E-state index in [1.165, 1.54) is 4.90 Å². The fraction of sp³-hybridized carbons (Fsp3) is 0. The molecule has 1 nitrogen and oxygen atoms in total. The lowest BCUT2D eigenvalue weighted by atomic mass is 9.89. The van der Waals surface area contributed by atoms with Crippen LogP contribution in [0.1, 0.15) is 11.0 Å². The fourth-order valence-electron chi connectivity index (χ4n) is 8.60. The number of benzene rings is 11. The van der Waals surface area contributed by atoms with E-state index in [9.17, 15) is 11.0 Å². The van der Waals surface area contributed by atoms with Gasteiger partial charge in [-0.15, -0.1) is 0 Å². The summed E-state index contributed by atoms with van der Waals surface area (Å²) in [5, 5.41) is 3.85. The third-order valence-electron chi connectivity index (χ3n) is 11.6. The van der Waals surface area contributed by atoms with Gasteiger partial charge in [-0.3, -0.25) is 0 Å². The monoisotopic (exact) mass is 809 g/mol. The molecule has 0 N–H and O–H groups in total. The minimum Gasteiger partial charge on any atom is -0.310 e. The highest BCUT2D eigenvalue weighted by atomic mass is 15.1. The average Bonchev–Trinajstić information content (AvgIpc) is 3.42. The molecule has 0 amide bonds. The van der Waals surface area contributed by atoms with E-state index < -0.39 is 24.2 Å². The van der Waals surface area contributed by atoms with Gasteiger partial charge in [0.25, 0.3) is 0 Å². The van der Waals surface area contributed by atoms with Crippen molar-refractivity contribution in [2.75, 3.05) is 4.90 Å². The maximum atomic E-state index is 9.89. The summed E-state index contributed by atoms with van der Waals surface area (Å²) >= 11 is 0. The molecule has 0 atom stereocenters. The molecule has 0 saturated heterocycles. The molecule has 0 aliphatic heterocycles. The zero-order valence-electron chi connectivity index (χ0n) is 42.2. The molecule has 11 aromatic rings. The molecule has 0 bridgehead atoms. The first-order chi connectivity index (χ1) is 34.6. The Morgan fingerprint density at radius 2 is 0.762 bits per heavy atom. The summed E-state index contributed by atoms with van der Waals surface area (Å²) in [7, 11) is 0. The van der Waals surface area contributed by atoms with Gasteiger partial charge in [0.1, 0.15) is 0 Å². The van der Waals surface area contributed by atoms with Crippen LogP contribution in [0.4, 0.5) is 17.1 Å². The summed E-state index contributed by atoms with van der Waals surface area (Å²) < 4.78 is 78.5. The molecule has 0 saturated carbocycles. The van der Waals surface area contributed by atoms with Crippen LogP contribution in [-0.2, 0) is 0 Å². The van der Waals surface area contributed by atoms with Crippen LogP contribution in [-0.4, -0.2) is 0 Å². The van der Waals surface area contributed by atoms with Gasteiger partial charge >= 0.3 is 0 Å². The molecule has 11 aromatic carbocycles. The number of nitrogens with zero attached hydrogens (tertiary/aromatic N) is 1. The van der Waals surface area contributed by atoms with E-state index in [0.29, 0.717) is 16.8 Å². The molecule has 63 heavy (non-hydrogen) atoms. The van der Waals surface area contributed by atoms with Gasteiger partial charge < -0.3 is 4.90 Å². The number of hydrogen-bond acceptors (Lipinski definition) is 1. The van der Waals surface area contributed by atoms with Crippen molar-refractivity contribution in [2.24, 2.45) is 0 Å². The van der Waals surface area contributed by atoms with Crippen LogP contribution in [0.2, 0.25) is 0 Å². The van der Waals surface area contributed by atoms with Crippen LogP contribution < -0.4 is 4.90 Å². The zero-order chi connectivity index (χ0) is 48.9. The summed E-state index contributed by atoms with van der Waals surface area (Å²) in [5.74, 6) is 0. The Morgan fingerprint density at radius 1 is 0.254 bits per heavy atom. The number of anilines is 3. The van der Waals surface area contributed by atoms with Crippen molar-refractivity contribution in [3.63, 3.8) is 0 Å². The van der Waals surface area contributed by atoms with Gasteiger partial charge in [-0.05, 0) is 131 Å². The fourth-order valence-corrected chi connectivity index (χ4v) is 8.60. The smallest absolute Gasteiger partial charge is 0.0645 e. The van der Waals surface area contributed by atoms with Crippen molar-refractivity contribution >= 4 is 38.6 Å². The van der Waals surface area contributed by atoms with Crippen molar-refractivity contribution in [1.29, 1.82) is 0 Å². The molecule has 0 aromatic heterocycles. The minimum absolute atomic E-state index is 0.0876. The van der Waals surface area contributed by atoms with Crippen LogP contribution in [0, 0.1) is 0 Å². The van der Waals surface area contributed by atoms with Crippen LogP contribution in [0.5, 0.6) is 0 Å². The molecule has 0 spiro atoms. The van der Waals surface area contributed by atoms with E-state index >= 15 is 0 Å². The Hall–Kier alpha value is -8.26. The maximum Gasteiger partial charge on any atom is 0.0645 e. The first-order valence-electron chi connectivity index (χ1n) is 25.0. The molecule has 0 aliphatic carbocycles. The Morgan fingerprint density at radius 3 is 1.44 bits per heavy atom. The van der Waals surface area contributed by atoms with Gasteiger partial charge in [0, 0.05) is 17.1 Å². The average molecular weight is 810 g/mol. The second-order valence-corrected chi connectivity index (χ2v) is 15.4. The van der Waals surface area contributed by atoms with Crippen molar-refractivity contribution in [3.8, 4) is 66.8 Å². The SMILES string of the molecule is [2H]c1c([2H])c(N(c2cccc(-c3cccc4ccccc34)c2)c2c([2H])c([2H])c(-c3ccc4ccccc4c3-c3ccccc3)c([2H])c2[2H])c([2H])c([2H])c1-c1ccc(-c2ccccc2)c(-c2ccccc2)c1. The summed E-state index contributed by atoms with van der Waals surface area (Å²) in [5.41, 5.74) is 8.05. The standard InChI is InChI=1S/C62H43N/c1-4-16-45(17-5-1)58-40-35-51(43-61(58)47-18-6-2-7-19-47)44-30-36-53(37-31-44)63(55-26-14-25-52(42-55)57-29-15-24-46-20-10-12-27-56(46)57)54-38-32-49(33-39-54)60-41-34-48-21-11-13-28-59(48)62(60)50-22-8-3-9-23-50/h1-43H/i30D,31D,32D,33D,36D,37D,38D,39D. The highest BCUT2D eigenvalue weighted by Gasteiger charge is 2.18. The second kappa shape index (κ2) is 16.7. The Bertz CT molecular complexity index is 3800. The quantitative estimate of drug-likeness (QED) is 0.140. The van der Waals surface area contributed by atoms with Gasteiger partial charge in [0.05, 0.1) is 11.0 Å². The van der Waals surface area contributed by atoms with Crippen molar-refractivity contribution < 1.29 is 11.0 Å². The van der Waals surface area contributed by atoms with E-state index in [1.54, 1.807) is 6.07 Å². The van der Waals surface area contributed by atoms with Crippen LogP contribution in [0.3, 0.4) is 0 Å². The molecular weight excluding hydrogens is 759 g/mol. The lowest BCUT2D eigenvalue weighted by Crippen LogP contribution is -2.10. The van der Waals surface area contributed by atoms with Gasteiger partial charge in [-0.2, -0.15) is 0 Å². The third kappa shape index (κ3) is 7.37. The van der Waals surface area contributed by atoms with E-state index in [4.69, 9.17) is 0 Å². The predicted molar refractivity (Wildman–Crippen MR) is 269 cm³/mol. The van der Waals surface area contributed by atoms with Crippen molar-refractivity contribution in [1.82, 2.24) is 0 Å². The third-order valence-corrected chi connectivity index (χ3v) is 11.6. The van der Waals surface area contributed by atoms with Crippen molar-refractivity contribution in [2.45, 2.75) is 0 Å². The van der Waals surface area contributed by atoms with Gasteiger partial charge in [0.15, 0.2) is 0 Å². The normalized spacial score (nSPS) is 13.0. The van der Waals surface area contributed by atoms with Gasteiger partial charge in [0.2, 0.25) is 0 Å². The van der Waals surface area contributed by atoms with Gasteiger partial charge in [-0.25, -0.2) is 0 Å². The lowest BCUT2D eigenvalue weighted by Gasteiger charge is -2.27. The highest BCUT2D eigenvalue weighted by Crippen LogP contribution is 2.43. The predicted octanol–water partition coefficient (Wildman–Crippen LogP) is 17.5. The molecule has 1 heteroatoms. The Kier molecular flexibility index (Phi) is 7.90. The first-order valence-corrected chi connectivity index (χ1v) is 21.0. The number of rotatable bonds is 9. The summed E-state index contributed by atoms with van der Waals surface area (Å²) in [6.45, 7) is 0. The first kappa shape index (κ1) is 29.9. The molecular formula is C62H43N. The number of hydrogen-bond donors (Lipinski definition) is 0. The molecule has 0 aliphatic rings. The Balaban J connectivity index is 1.16. The summed E-state index contributed by atoms with van der Waals surface area (Å²) in [6.07, 6.45) is 0. The maximum absolute atomic E-state index is 9.89. The van der Waals surface area contributed by atoms with Crippen LogP contribution in [0.15, 0.2) is 261 Å². The van der Waals surface area contributed by atoms with Crippen LogP contribution in [0.25, 0.3) is 88.3 Å². The summed E-state index contributed by atoms with van der Waals surface area (Å²) in [4.78, 5) is 1.39. The van der Waals surface area contributed by atoms with E-state index in [2.05, 4.69) is 0 Å². The Labute approximate surface area is 380 Å². The number of fused-ring (bicyclic) bond motifs is 2. The zero-order valence-corrected chi connectivity index (χ0v) is 34.2. The molecule has 0 unspecified atom stereocenters. The van der Waals surface area contributed by atoms with Crippen LogP contribution >= 0.6 is 0 Å². The van der Waals surface area contributed by atoms with E-state index in [1.807, 2.05) is 206 Å². The molecule has 0 fully saturated rings.